The minimum atomic E-state index is -4.15. The molecule has 0 aromatic heterocycles. The molecule has 0 saturated carbocycles. The zero-order valence-electron chi connectivity index (χ0n) is 9.41. The first-order valence-electron chi connectivity index (χ1n) is 4.77. The van der Waals surface area contributed by atoms with Crippen LogP contribution >= 0.6 is 0 Å². The van der Waals surface area contributed by atoms with E-state index in [1.807, 2.05) is 4.72 Å². The molecule has 1 rings (SSSR count). The monoisotopic (exact) mass is 273 g/mol. The Hall–Kier alpha value is -2.00. The predicted molar refractivity (Wildman–Crippen MR) is 62.2 cm³/mol. The fourth-order valence-electron chi connectivity index (χ4n) is 1.37. The van der Waals surface area contributed by atoms with Crippen molar-refractivity contribution in [1.29, 1.82) is 0 Å². The van der Waals surface area contributed by atoms with Gasteiger partial charge in [-0.05, 0) is 12.5 Å². The fraction of sp³-hybridized carbons (Fsp3) is 0.222. The highest BCUT2D eigenvalue weighted by molar-refractivity contribution is 7.89. The summed E-state index contributed by atoms with van der Waals surface area (Å²) in [6.07, 6.45) is 0. The number of sulfonamides is 1. The maximum absolute atomic E-state index is 11.9. The lowest BCUT2D eigenvalue weighted by Crippen LogP contribution is -2.34. The van der Waals surface area contributed by atoms with E-state index in [9.17, 15) is 23.3 Å². The Morgan fingerprint density at radius 1 is 1.50 bits per heavy atom. The summed E-state index contributed by atoms with van der Waals surface area (Å²) in [7, 11) is -4.15. The number of hydrogen-bond acceptors (Lipinski definition) is 5. The van der Waals surface area contributed by atoms with Crippen molar-refractivity contribution in [3.05, 3.63) is 33.9 Å². The summed E-state index contributed by atoms with van der Waals surface area (Å²) in [5.41, 5.74) is 4.47. The number of carbonyl (C=O) groups excluding carboxylic acids is 1. The third-order valence-corrected chi connectivity index (χ3v) is 3.69. The Bertz CT molecular complexity index is 596. The molecule has 0 heterocycles. The molecule has 0 aliphatic heterocycles. The Labute approximate surface area is 103 Å². The highest BCUT2D eigenvalue weighted by Gasteiger charge is 2.27. The van der Waals surface area contributed by atoms with Crippen LogP contribution in [0.1, 0.15) is 5.56 Å². The van der Waals surface area contributed by atoms with E-state index < -0.39 is 38.0 Å². The molecule has 1 aromatic rings. The van der Waals surface area contributed by atoms with E-state index in [4.69, 9.17) is 5.73 Å². The number of nitro benzene ring substituents is 1. The summed E-state index contributed by atoms with van der Waals surface area (Å²) in [5.74, 6) is -0.880. The summed E-state index contributed by atoms with van der Waals surface area (Å²) in [6, 6.07) is 3.87. The molecule has 0 aliphatic carbocycles. The maximum Gasteiger partial charge on any atom is 0.289 e. The van der Waals surface area contributed by atoms with E-state index in [1.54, 1.807) is 0 Å². The Morgan fingerprint density at radius 2 is 2.11 bits per heavy atom. The smallest absolute Gasteiger partial charge is 0.289 e. The summed E-state index contributed by atoms with van der Waals surface area (Å²) in [5, 5.41) is 10.8. The van der Waals surface area contributed by atoms with Crippen LogP contribution in [-0.4, -0.2) is 25.8 Å². The summed E-state index contributed by atoms with van der Waals surface area (Å²) < 4.78 is 25.6. The predicted octanol–water partition coefficient (Wildman–Crippen LogP) is -0.333. The van der Waals surface area contributed by atoms with E-state index in [2.05, 4.69) is 0 Å². The van der Waals surface area contributed by atoms with Crippen molar-refractivity contribution in [1.82, 2.24) is 4.72 Å². The first-order chi connectivity index (χ1) is 8.25. The van der Waals surface area contributed by atoms with Crippen LogP contribution in [0.25, 0.3) is 0 Å². The number of nitrogens with two attached hydrogens (primary N) is 1. The van der Waals surface area contributed by atoms with E-state index in [-0.39, 0.29) is 5.56 Å². The quantitative estimate of drug-likeness (QED) is 0.559. The van der Waals surface area contributed by atoms with Gasteiger partial charge in [0.15, 0.2) is 4.90 Å². The second-order valence-corrected chi connectivity index (χ2v) is 5.17. The molecule has 1 amide bonds. The van der Waals surface area contributed by atoms with Gasteiger partial charge in [0.25, 0.3) is 5.69 Å². The topological polar surface area (TPSA) is 132 Å². The Morgan fingerprint density at radius 3 is 2.61 bits per heavy atom. The standard InChI is InChI=1S/C9H11N3O5S/c1-6-3-2-4-7(12(14)15)9(6)18(16,17)11-5-8(10)13/h2-4,11H,5H2,1H3,(H2,10,13). The molecule has 0 bridgehead atoms. The van der Waals surface area contributed by atoms with Gasteiger partial charge in [0, 0.05) is 6.07 Å². The van der Waals surface area contributed by atoms with Crippen molar-refractivity contribution in [3.8, 4) is 0 Å². The zero-order chi connectivity index (χ0) is 13.9. The largest absolute Gasteiger partial charge is 0.369 e. The third kappa shape index (κ3) is 3.02. The molecule has 0 radical (unpaired) electrons. The van der Waals surface area contributed by atoms with Gasteiger partial charge in [0.05, 0.1) is 11.5 Å². The number of nitrogens with one attached hydrogen (secondary N) is 1. The van der Waals surface area contributed by atoms with Crippen molar-refractivity contribution in [2.75, 3.05) is 6.54 Å². The van der Waals surface area contributed by atoms with E-state index in [1.165, 1.54) is 19.1 Å². The number of carbonyl (C=O) groups is 1. The van der Waals surface area contributed by atoms with Gasteiger partial charge in [-0.2, -0.15) is 0 Å². The molecule has 3 N–H and O–H groups in total. The van der Waals surface area contributed by atoms with Gasteiger partial charge in [-0.15, -0.1) is 0 Å². The molecule has 0 saturated heterocycles. The number of aryl methyl sites for hydroxylation is 1. The molecule has 0 aliphatic rings. The highest BCUT2D eigenvalue weighted by Crippen LogP contribution is 2.26. The van der Waals surface area contributed by atoms with Crippen molar-refractivity contribution in [2.45, 2.75) is 11.8 Å². The van der Waals surface area contributed by atoms with E-state index >= 15 is 0 Å². The number of benzene rings is 1. The van der Waals surface area contributed by atoms with Gasteiger partial charge < -0.3 is 5.73 Å². The van der Waals surface area contributed by atoms with Gasteiger partial charge in [0.2, 0.25) is 15.9 Å². The number of nitrogens with zero attached hydrogens (tertiary/aromatic N) is 1. The van der Waals surface area contributed by atoms with Gasteiger partial charge in [-0.1, -0.05) is 12.1 Å². The number of nitro groups is 1. The lowest BCUT2D eigenvalue weighted by Gasteiger charge is -2.08. The number of hydrogen-bond donors (Lipinski definition) is 2. The third-order valence-electron chi connectivity index (χ3n) is 2.09. The molecule has 0 unspecified atom stereocenters. The molecular formula is C9H11N3O5S. The SMILES string of the molecule is Cc1cccc([N+](=O)[O-])c1S(=O)(=O)NCC(N)=O. The molecule has 0 fully saturated rings. The van der Waals surface area contributed by atoms with Gasteiger partial charge in [0.1, 0.15) is 0 Å². The second-order valence-electron chi connectivity index (χ2n) is 3.47. The maximum atomic E-state index is 11.9. The number of primary amides is 1. The fourth-order valence-corrected chi connectivity index (χ4v) is 2.76. The van der Waals surface area contributed by atoms with Crippen LogP contribution < -0.4 is 10.5 Å². The lowest BCUT2D eigenvalue weighted by atomic mass is 10.2. The number of rotatable bonds is 5. The second kappa shape index (κ2) is 5.10. The molecule has 8 nitrogen and oxygen atoms in total. The molecule has 9 heteroatoms. The Balaban J connectivity index is 3.31. The van der Waals surface area contributed by atoms with Gasteiger partial charge in [-0.25, -0.2) is 13.1 Å². The van der Waals surface area contributed by atoms with Crippen LogP contribution in [-0.2, 0) is 14.8 Å². The molecule has 0 spiro atoms. The van der Waals surface area contributed by atoms with Gasteiger partial charge >= 0.3 is 0 Å². The minimum absolute atomic E-state index is 0.209. The summed E-state index contributed by atoms with van der Waals surface area (Å²) in [4.78, 5) is 20.1. The Kier molecular flexibility index (Phi) is 3.99. The summed E-state index contributed by atoms with van der Waals surface area (Å²) >= 11 is 0. The molecule has 98 valence electrons. The first-order valence-corrected chi connectivity index (χ1v) is 6.26. The average molecular weight is 273 g/mol. The van der Waals surface area contributed by atoms with Crippen LogP contribution in [0.5, 0.6) is 0 Å². The zero-order valence-corrected chi connectivity index (χ0v) is 10.2. The summed E-state index contributed by atoms with van der Waals surface area (Å²) in [6.45, 7) is 0.805. The molecule has 0 atom stereocenters. The van der Waals surface area contributed by atoms with Crippen LogP contribution in [0.2, 0.25) is 0 Å². The van der Waals surface area contributed by atoms with Crippen molar-refractivity contribution in [2.24, 2.45) is 5.73 Å². The van der Waals surface area contributed by atoms with Crippen LogP contribution in [0.15, 0.2) is 23.1 Å². The first kappa shape index (κ1) is 14.1. The van der Waals surface area contributed by atoms with Crippen LogP contribution in [0.3, 0.4) is 0 Å². The van der Waals surface area contributed by atoms with E-state index in [0.717, 1.165) is 6.07 Å². The normalized spacial score (nSPS) is 11.2. The highest BCUT2D eigenvalue weighted by atomic mass is 32.2. The number of amides is 1. The van der Waals surface area contributed by atoms with Gasteiger partial charge in [-0.3, -0.25) is 14.9 Å². The molecule has 18 heavy (non-hydrogen) atoms. The average Bonchev–Trinajstić information content (AvgIpc) is 2.25. The van der Waals surface area contributed by atoms with Crippen molar-refractivity contribution in [3.63, 3.8) is 0 Å². The molecular weight excluding hydrogens is 262 g/mol. The lowest BCUT2D eigenvalue weighted by molar-refractivity contribution is -0.387. The van der Waals surface area contributed by atoms with Crippen LogP contribution in [0, 0.1) is 17.0 Å². The van der Waals surface area contributed by atoms with Crippen LogP contribution in [0.4, 0.5) is 5.69 Å². The van der Waals surface area contributed by atoms with E-state index in [0.29, 0.717) is 0 Å². The van der Waals surface area contributed by atoms with Crippen molar-refractivity contribution < 1.29 is 18.1 Å². The molecule has 1 aromatic carbocycles. The van der Waals surface area contributed by atoms with Crippen molar-refractivity contribution >= 4 is 21.6 Å². The minimum Gasteiger partial charge on any atom is -0.369 e.